The van der Waals surface area contributed by atoms with Crippen molar-refractivity contribution < 1.29 is 19.8 Å². The van der Waals surface area contributed by atoms with Crippen molar-refractivity contribution in [1.82, 2.24) is 5.32 Å². The first-order valence-corrected chi connectivity index (χ1v) is 5.62. The van der Waals surface area contributed by atoms with E-state index >= 15 is 0 Å². The van der Waals surface area contributed by atoms with Gasteiger partial charge in [-0.05, 0) is 12.5 Å². The van der Waals surface area contributed by atoms with Gasteiger partial charge in [0.05, 0.1) is 12.6 Å². The molecule has 2 atom stereocenters. The Kier molecular flexibility index (Phi) is 5.00. The van der Waals surface area contributed by atoms with Crippen LogP contribution < -0.4 is 5.32 Å². The molecule has 3 N–H and O–H groups in total. The summed E-state index contributed by atoms with van der Waals surface area (Å²) in [5, 5.41) is 21.6. The minimum absolute atomic E-state index is 0.0587. The van der Waals surface area contributed by atoms with Crippen molar-refractivity contribution in [3.05, 3.63) is 35.4 Å². The molecule has 5 nitrogen and oxygen atoms in total. The predicted molar refractivity (Wildman–Crippen MR) is 66.1 cm³/mol. The summed E-state index contributed by atoms with van der Waals surface area (Å²) < 4.78 is 0. The number of rotatable bonds is 5. The van der Waals surface area contributed by atoms with Gasteiger partial charge in [-0.3, -0.25) is 9.59 Å². The minimum atomic E-state index is -1.01. The summed E-state index contributed by atoms with van der Waals surface area (Å²) in [4.78, 5) is 22.0. The van der Waals surface area contributed by atoms with Crippen molar-refractivity contribution in [2.45, 2.75) is 26.0 Å². The van der Waals surface area contributed by atoms with Crippen molar-refractivity contribution >= 4 is 11.7 Å². The zero-order valence-electron chi connectivity index (χ0n) is 10.4. The first-order chi connectivity index (χ1) is 8.45. The Morgan fingerprint density at radius 1 is 1.22 bits per heavy atom. The Morgan fingerprint density at radius 3 is 2.17 bits per heavy atom. The first kappa shape index (κ1) is 14.3. The molecule has 0 aliphatic carbocycles. The van der Waals surface area contributed by atoms with Crippen LogP contribution in [0.2, 0.25) is 0 Å². The number of hydrogen-bond donors (Lipinski definition) is 3. The topological polar surface area (TPSA) is 86.6 Å². The molecule has 98 valence electrons. The van der Waals surface area contributed by atoms with Crippen LogP contribution >= 0.6 is 0 Å². The summed E-state index contributed by atoms with van der Waals surface area (Å²) in [7, 11) is 0. The van der Waals surface area contributed by atoms with Crippen LogP contribution in [0.4, 0.5) is 0 Å². The highest BCUT2D eigenvalue weighted by Gasteiger charge is 2.20. The molecule has 18 heavy (non-hydrogen) atoms. The van der Waals surface area contributed by atoms with Gasteiger partial charge in [0, 0.05) is 12.5 Å². The molecule has 0 spiro atoms. The molecule has 0 saturated heterocycles. The van der Waals surface area contributed by atoms with Crippen LogP contribution in [0, 0.1) is 0 Å². The number of aliphatic hydroxyl groups excluding tert-OH is 2. The minimum Gasteiger partial charge on any atom is -0.394 e. The van der Waals surface area contributed by atoms with E-state index in [1.807, 2.05) is 0 Å². The van der Waals surface area contributed by atoms with Crippen LogP contribution in [0.5, 0.6) is 0 Å². The summed E-state index contributed by atoms with van der Waals surface area (Å²) in [5.41, 5.74) is 1.08. The number of benzene rings is 1. The van der Waals surface area contributed by atoms with E-state index in [1.54, 1.807) is 24.3 Å². The third-order valence-electron chi connectivity index (χ3n) is 2.63. The Balaban J connectivity index is 2.84. The summed E-state index contributed by atoms with van der Waals surface area (Å²) in [5.74, 6) is -0.384. The van der Waals surface area contributed by atoms with Crippen LogP contribution in [-0.4, -0.2) is 34.6 Å². The summed E-state index contributed by atoms with van der Waals surface area (Å²) in [6.07, 6.45) is -1.01. The number of Topliss-reactive ketones (excluding diaryl/α,β-unsaturated/α-hetero) is 1. The van der Waals surface area contributed by atoms with Gasteiger partial charge in [0.25, 0.3) is 0 Å². The van der Waals surface area contributed by atoms with Crippen molar-refractivity contribution in [3.8, 4) is 0 Å². The average Bonchev–Trinajstić information content (AvgIpc) is 2.35. The maximum atomic E-state index is 11.1. The zero-order chi connectivity index (χ0) is 13.7. The molecule has 1 amide bonds. The quantitative estimate of drug-likeness (QED) is 0.662. The first-order valence-electron chi connectivity index (χ1n) is 5.62. The number of ketones is 1. The van der Waals surface area contributed by atoms with Crippen LogP contribution in [0.25, 0.3) is 0 Å². The smallest absolute Gasteiger partial charge is 0.217 e. The number of nitrogens with one attached hydrogen (secondary N) is 1. The molecule has 5 heteroatoms. The van der Waals surface area contributed by atoms with Gasteiger partial charge in [0.15, 0.2) is 5.78 Å². The van der Waals surface area contributed by atoms with Crippen molar-refractivity contribution in [3.63, 3.8) is 0 Å². The summed E-state index contributed by atoms with van der Waals surface area (Å²) in [6.45, 7) is 2.41. The second-order valence-corrected chi connectivity index (χ2v) is 4.11. The molecule has 0 bridgehead atoms. The number of carbonyl (C=O) groups excluding carboxylic acids is 2. The Morgan fingerprint density at radius 2 is 1.78 bits per heavy atom. The average molecular weight is 251 g/mol. The van der Waals surface area contributed by atoms with Gasteiger partial charge in [-0.15, -0.1) is 0 Å². The van der Waals surface area contributed by atoms with Gasteiger partial charge >= 0.3 is 0 Å². The van der Waals surface area contributed by atoms with Crippen molar-refractivity contribution in [2.75, 3.05) is 6.61 Å². The molecule has 1 aromatic rings. The molecular formula is C13H17NO4. The van der Waals surface area contributed by atoms with Gasteiger partial charge in [0.2, 0.25) is 5.91 Å². The molecule has 1 aromatic carbocycles. The Hall–Kier alpha value is -1.72. The third-order valence-corrected chi connectivity index (χ3v) is 2.63. The second-order valence-electron chi connectivity index (χ2n) is 4.11. The molecule has 0 aliphatic heterocycles. The maximum absolute atomic E-state index is 11.1. The van der Waals surface area contributed by atoms with Crippen molar-refractivity contribution in [2.24, 2.45) is 0 Å². The highest BCUT2D eigenvalue weighted by Crippen LogP contribution is 2.17. The fraction of sp³-hybridized carbons (Fsp3) is 0.385. The van der Waals surface area contributed by atoms with Crippen LogP contribution in [0.15, 0.2) is 24.3 Å². The van der Waals surface area contributed by atoms with Crippen LogP contribution in [-0.2, 0) is 4.79 Å². The van der Waals surface area contributed by atoms with E-state index < -0.39 is 12.1 Å². The van der Waals surface area contributed by atoms with E-state index in [-0.39, 0.29) is 18.3 Å². The molecule has 1 rings (SSSR count). The van der Waals surface area contributed by atoms with E-state index in [1.165, 1.54) is 13.8 Å². The Bertz CT molecular complexity index is 427. The SMILES string of the molecule is CC(=O)N[C@H](CO)[C@H](O)c1ccc(C(C)=O)cc1. The molecule has 0 radical (unpaired) electrons. The van der Waals surface area contributed by atoms with E-state index in [4.69, 9.17) is 5.11 Å². The lowest BCUT2D eigenvalue weighted by atomic mass is 10.0. The highest BCUT2D eigenvalue weighted by molar-refractivity contribution is 5.94. The second kappa shape index (κ2) is 6.28. The number of aliphatic hydroxyl groups is 2. The lowest BCUT2D eigenvalue weighted by Crippen LogP contribution is -2.40. The fourth-order valence-corrected chi connectivity index (χ4v) is 1.63. The van der Waals surface area contributed by atoms with Crippen molar-refractivity contribution in [1.29, 1.82) is 0 Å². The maximum Gasteiger partial charge on any atom is 0.217 e. The fourth-order valence-electron chi connectivity index (χ4n) is 1.63. The molecule has 0 aromatic heterocycles. The highest BCUT2D eigenvalue weighted by atomic mass is 16.3. The molecule has 0 fully saturated rings. The van der Waals surface area contributed by atoms with Crippen LogP contribution in [0.1, 0.15) is 35.9 Å². The molecule has 0 aliphatic rings. The third kappa shape index (κ3) is 3.65. The normalized spacial score (nSPS) is 13.8. The lowest BCUT2D eigenvalue weighted by Gasteiger charge is -2.22. The van der Waals surface area contributed by atoms with E-state index in [0.29, 0.717) is 11.1 Å². The standard InChI is InChI=1S/C13H17NO4/c1-8(16)10-3-5-11(6-4-10)13(18)12(7-15)14-9(2)17/h3-6,12-13,15,18H,7H2,1-2H3,(H,14,17)/t12-,13-/m1/s1. The van der Waals surface area contributed by atoms with E-state index in [2.05, 4.69) is 5.32 Å². The van der Waals surface area contributed by atoms with E-state index in [0.717, 1.165) is 0 Å². The molecule has 0 unspecified atom stereocenters. The van der Waals surface area contributed by atoms with E-state index in [9.17, 15) is 14.7 Å². The van der Waals surface area contributed by atoms with Crippen LogP contribution in [0.3, 0.4) is 0 Å². The van der Waals surface area contributed by atoms with Gasteiger partial charge in [-0.2, -0.15) is 0 Å². The van der Waals surface area contributed by atoms with Gasteiger partial charge in [-0.1, -0.05) is 24.3 Å². The molecular weight excluding hydrogens is 234 g/mol. The monoisotopic (exact) mass is 251 g/mol. The zero-order valence-corrected chi connectivity index (χ0v) is 10.4. The summed E-state index contributed by atoms with van der Waals surface area (Å²) >= 11 is 0. The summed E-state index contributed by atoms with van der Waals surface area (Å²) in [6, 6.07) is 5.65. The molecule has 0 saturated carbocycles. The van der Waals surface area contributed by atoms with Gasteiger partial charge in [-0.25, -0.2) is 0 Å². The number of amides is 1. The number of hydrogen-bond acceptors (Lipinski definition) is 4. The lowest BCUT2D eigenvalue weighted by molar-refractivity contribution is -0.121. The van der Waals surface area contributed by atoms with Gasteiger partial charge in [0.1, 0.15) is 6.10 Å². The largest absolute Gasteiger partial charge is 0.394 e. The molecule has 0 heterocycles. The predicted octanol–water partition coefficient (Wildman–Crippen LogP) is 0.420. The number of carbonyl (C=O) groups is 2. The Labute approximate surface area is 105 Å². The van der Waals surface area contributed by atoms with Gasteiger partial charge < -0.3 is 15.5 Å².